The molecular formula is C11H13N5OS. The van der Waals surface area contributed by atoms with Gasteiger partial charge in [-0.3, -0.25) is 0 Å². The lowest BCUT2D eigenvalue weighted by molar-refractivity contribution is 0.198. The van der Waals surface area contributed by atoms with E-state index in [1.807, 2.05) is 0 Å². The van der Waals surface area contributed by atoms with E-state index in [0.717, 1.165) is 5.56 Å². The number of anilines is 2. The van der Waals surface area contributed by atoms with Gasteiger partial charge >= 0.3 is 0 Å². The molecule has 5 N–H and O–H groups in total. The van der Waals surface area contributed by atoms with Gasteiger partial charge in [-0.05, 0) is 30.3 Å². The summed E-state index contributed by atoms with van der Waals surface area (Å²) < 4.78 is 0. The Kier molecular flexibility index (Phi) is 3.63. The van der Waals surface area contributed by atoms with Crippen LogP contribution in [0.3, 0.4) is 0 Å². The van der Waals surface area contributed by atoms with E-state index >= 15 is 0 Å². The molecule has 0 amide bonds. The zero-order chi connectivity index (χ0) is 13.1. The van der Waals surface area contributed by atoms with E-state index in [-0.39, 0.29) is 0 Å². The molecule has 94 valence electrons. The molecule has 2 heterocycles. The van der Waals surface area contributed by atoms with Crippen LogP contribution in [0.15, 0.2) is 34.6 Å². The Morgan fingerprint density at radius 1 is 1.22 bits per heavy atom. The Morgan fingerprint density at radius 2 is 1.89 bits per heavy atom. The molecule has 6 nitrogen and oxygen atoms in total. The number of aliphatic hydroxyl groups excluding tert-OH is 1. The van der Waals surface area contributed by atoms with E-state index in [1.54, 1.807) is 25.3 Å². The third-order valence-electron chi connectivity index (χ3n) is 2.18. The predicted molar refractivity (Wildman–Crippen MR) is 69.9 cm³/mol. The summed E-state index contributed by atoms with van der Waals surface area (Å²) >= 11 is 1.26. The number of pyridine rings is 1. The van der Waals surface area contributed by atoms with E-state index in [9.17, 15) is 5.11 Å². The van der Waals surface area contributed by atoms with Crippen molar-refractivity contribution >= 4 is 23.4 Å². The van der Waals surface area contributed by atoms with Crippen molar-refractivity contribution in [1.29, 1.82) is 0 Å². The first-order chi connectivity index (χ1) is 8.54. The van der Waals surface area contributed by atoms with Gasteiger partial charge < -0.3 is 16.6 Å². The van der Waals surface area contributed by atoms with E-state index in [2.05, 4.69) is 15.0 Å². The summed E-state index contributed by atoms with van der Waals surface area (Å²) in [6.45, 7) is 1.69. The smallest absolute Gasteiger partial charge is 0.197 e. The second-order valence-corrected chi connectivity index (χ2v) is 4.70. The van der Waals surface area contributed by atoms with Crippen LogP contribution in [0, 0.1) is 0 Å². The van der Waals surface area contributed by atoms with E-state index in [4.69, 9.17) is 11.5 Å². The van der Waals surface area contributed by atoms with Crippen LogP contribution in [0.4, 0.5) is 11.6 Å². The molecule has 2 aromatic heterocycles. The van der Waals surface area contributed by atoms with Crippen molar-refractivity contribution in [2.24, 2.45) is 0 Å². The molecule has 0 aliphatic carbocycles. The molecule has 0 aliphatic heterocycles. The monoisotopic (exact) mass is 263 g/mol. The van der Waals surface area contributed by atoms with Crippen LogP contribution in [0.5, 0.6) is 0 Å². The Balaban J connectivity index is 2.18. The summed E-state index contributed by atoms with van der Waals surface area (Å²) in [4.78, 5) is 12.3. The lowest BCUT2D eigenvalue weighted by Crippen LogP contribution is -1.99. The lowest BCUT2D eigenvalue weighted by atomic mass is 10.2. The highest BCUT2D eigenvalue weighted by molar-refractivity contribution is 7.99. The van der Waals surface area contributed by atoms with E-state index < -0.39 is 6.10 Å². The summed E-state index contributed by atoms with van der Waals surface area (Å²) in [5, 5.41) is 10.5. The SMILES string of the molecule is CC(O)c1ccc(Sc2nc(N)cc(N)n2)nc1. The van der Waals surface area contributed by atoms with Crippen LogP contribution in [0.25, 0.3) is 0 Å². The topological polar surface area (TPSA) is 111 Å². The second-order valence-electron chi connectivity index (χ2n) is 3.71. The highest BCUT2D eigenvalue weighted by Gasteiger charge is 2.06. The minimum atomic E-state index is -0.532. The fraction of sp³-hybridized carbons (Fsp3) is 0.182. The Labute approximate surface area is 108 Å². The van der Waals surface area contributed by atoms with Crippen LogP contribution in [-0.4, -0.2) is 20.1 Å². The van der Waals surface area contributed by atoms with Gasteiger partial charge in [0.25, 0.3) is 0 Å². The fourth-order valence-corrected chi connectivity index (χ4v) is 2.03. The molecule has 7 heteroatoms. The number of rotatable bonds is 3. The zero-order valence-electron chi connectivity index (χ0n) is 9.74. The second kappa shape index (κ2) is 5.19. The van der Waals surface area contributed by atoms with Gasteiger partial charge in [-0.15, -0.1) is 0 Å². The molecule has 0 saturated carbocycles. The summed E-state index contributed by atoms with van der Waals surface area (Å²) in [6, 6.07) is 5.08. The normalized spacial score (nSPS) is 12.3. The molecule has 0 aliphatic rings. The van der Waals surface area contributed by atoms with Crippen LogP contribution in [0.2, 0.25) is 0 Å². The van der Waals surface area contributed by atoms with Crippen molar-refractivity contribution in [2.45, 2.75) is 23.2 Å². The van der Waals surface area contributed by atoms with E-state index in [0.29, 0.717) is 21.8 Å². The van der Waals surface area contributed by atoms with Crippen LogP contribution >= 0.6 is 11.8 Å². The van der Waals surface area contributed by atoms with Crippen molar-refractivity contribution in [2.75, 3.05) is 11.5 Å². The van der Waals surface area contributed by atoms with Crippen molar-refractivity contribution < 1.29 is 5.11 Å². The maximum absolute atomic E-state index is 9.37. The number of nitrogens with zero attached hydrogens (tertiary/aromatic N) is 3. The molecule has 2 aromatic rings. The van der Waals surface area contributed by atoms with Gasteiger partial charge in [0, 0.05) is 12.3 Å². The number of hydrogen-bond donors (Lipinski definition) is 3. The maximum atomic E-state index is 9.37. The number of nitrogen functional groups attached to an aromatic ring is 2. The van der Waals surface area contributed by atoms with Crippen LogP contribution in [0.1, 0.15) is 18.6 Å². The molecule has 0 saturated heterocycles. The number of hydrogen-bond acceptors (Lipinski definition) is 7. The van der Waals surface area contributed by atoms with Gasteiger partial charge in [-0.1, -0.05) is 6.07 Å². The molecule has 0 aromatic carbocycles. The maximum Gasteiger partial charge on any atom is 0.197 e. The predicted octanol–water partition coefficient (Wildman–Crippen LogP) is 1.24. The Bertz CT molecular complexity index is 523. The molecular weight excluding hydrogens is 250 g/mol. The average molecular weight is 263 g/mol. The quantitative estimate of drug-likeness (QED) is 0.714. The molecule has 2 rings (SSSR count). The van der Waals surface area contributed by atoms with Gasteiger partial charge in [0.05, 0.1) is 6.10 Å². The molecule has 0 bridgehead atoms. The highest BCUT2D eigenvalue weighted by Crippen LogP contribution is 2.24. The lowest BCUT2D eigenvalue weighted by Gasteiger charge is -2.05. The van der Waals surface area contributed by atoms with Gasteiger partial charge in [0.1, 0.15) is 16.7 Å². The molecule has 0 spiro atoms. The standard InChI is InChI=1S/C11H13N5OS/c1-6(17)7-2-3-10(14-5-7)18-11-15-8(12)4-9(13)16-11/h2-6,17H,1H3,(H4,12,13,15,16). The zero-order valence-corrected chi connectivity index (χ0v) is 10.6. The van der Waals surface area contributed by atoms with Crippen LogP contribution in [-0.2, 0) is 0 Å². The van der Waals surface area contributed by atoms with Gasteiger partial charge in [0.2, 0.25) is 0 Å². The van der Waals surface area contributed by atoms with Gasteiger partial charge in [-0.25, -0.2) is 15.0 Å². The molecule has 0 radical (unpaired) electrons. The highest BCUT2D eigenvalue weighted by atomic mass is 32.2. The summed E-state index contributed by atoms with van der Waals surface area (Å²) in [6.07, 6.45) is 1.08. The third kappa shape index (κ3) is 3.08. The number of aliphatic hydroxyl groups is 1. The van der Waals surface area contributed by atoms with E-state index in [1.165, 1.54) is 17.8 Å². The summed E-state index contributed by atoms with van der Waals surface area (Å²) in [5.74, 6) is 0.649. The fourth-order valence-electron chi connectivity index (χ4n) is 1.30. The molecule has 0 fully saturated rings. The molecule has 1 atom stereocenters. The summed E-state index contributed by atoms with van der Waals surface area (Å²) in [7, 11) is 0. The average Bonchev–Trinajstić information content (AvgIpc) is 2.28. The summed E-state index contributed by atoms with van der Waals surface area (Å²) in [5.41, 5.74) is 11.9. The molecule has 1 unspecified atom stereocenters. The van der Waals surface area contributed by atoms with Crippen molar-refractivity contribution in [3.8, 4) is 0 Å². The first-order valence-electron chi connectivity index (χ1n) is 5.26. The first-order valence-corrected chi connectivity index (χ1v) is 6.08. The van der Waals surface area contributed by atoms with Gasteiger partial charge in [-0.2, -0.15) is 0 Å². The minimum absolute atomic E-state index is 0.325. The minimum Gasteiger partial charge on any atom is -0.389 e. The third-order valence-corrected chi connectivity index (χ3v) is 3.00. The first kappa shape index (κ1) is 12.6. The number of aromatic nitrogens is 3. The Morgan fingerprint density at radius 3 is 2.39 bits per heavy atom. The Hall–Kier alpha value is -1.86. The van der Waals surface area contributed by atoms with Crippen LogP contribution < -0.4 is 11.5 Å². The van der Waals surface area contributed by atoms with Gasteiger partial charge in [0.15, 0.2) is 5.16 Å². The molecule has 18 heavy (non-hydrogen) atoms. The number of nitrogens with two attached hydrogens (primary N) is 2. The van der Waals surface area contributed by atoms with Crippen molar-refractivity contribution in [3.05, 3.63) is 30.0 Å². The largest absolute Gasteiger partial charge is 0.389 e. The van der Waals surface area contributed by atoms with Crippen molar-refractivity contribution in [3.63, 3.8) is 0 Å². The van der Waals surface area contributed by atoms with Crippen molar-refractivity contribution in [1.82, 2.24) is 15.0 Å².